The minimum Gasteiger partial charge on any atom is -0.327 e. The Morgan fingerprint density at radius 2 is 2.41 bits per heavy atom. The fourth-order valence-corrected chi connectivity index (χ4v) is 3.61. The van der Waals surface area contributed by atoms with Crippen molar-refractivity contribution in [3.63, 3.8) is 0 Å². The number of H-pyrrole nitrogens is 1. The Labute approximate surface area is 101 Å². The van der Waals surface area contributed by atoms with E-state index in [0.29, 0.717) is 19.5 Å². The van der Waals surface area contributed by atoms with E-state index in [-0.39, 0.29) is 17.0 Å². The average molecular weight is 258 g/mol. The van der Waals surface area contributed by atoms with Crippen LogP contribution < -0.4 is 5.73 Å². The van der Waals surface area contributed by atoms with Crippen LogP contribution >= 0.6 is 0 Å². The van der Waals surface area contributed by atoms with E-state index < -0.39 is 10.0 Å². The van der Waals surface area contributed by atoms with Gasteiger partial charge in [0.1, 0.15) is 0 Å². The molecule has 0 radical (unpaired) electrons. The van der Waals surface area contributed by atoms with Crippen LogP contribution in [0.4, 0.5) is 0 Å². The van der Waals surface area contributed by atoms with E-state index in [1.54, 1.807) is 0 Å². The summed E-state index contributed by atoms with van der Waals surface area (Å²) in [5, 5.41) is 6.35. The third-order valence-corrected chi connectivity index (χ3v) is 5.17. The zero-order chi connectivity index (χ0) is 12.5. The standard InChI is InChI=1S/C10H18N4O2S/c1-2-8-7-14(6-4-9(8)11)17(15,16)10-3-5-12-13-10/h3,5,8-9H,2,4,6-7,11H2,1H3,(H,12,13). The van der Waals surface area contributed by atoms with Crippen molar-refractivity contribution in [1.82, 2.24) is 14.5 Å². The smallest absolute Gasteiger partial charge is 0.259 e. The highest BCUT2D eigenvalue weighted by Crippen LogP contribution is 2.23. The van der Waals surface area contributed by atoms with E-state index in [1.165, 1.54) is 16.6 Å². The van der Waals surface area contributed by atoms with Crippen molar-refractivity contribution in [2.45, 2.75) is 30.8 Å². The molecular weight excluding hydrogens is 240 g/mol. The van der Waals surface area contributed by atoms with Gasteiger partial charge >= 0.3 is 0 Å². The summed E-state index contributed by atoms with van der Waals surface area (Å²) in [6.07, 6.45) is 3.06. The molecule has 2 atom stereocenters. The molecule has 17 heavy (non-hydrogen) atoms. The lowest BCUT2D eigenvalue weighted by atomic mass is 9.92. The number of aromatic amines is 1. The molecule has 1 saturated heterocycles. The van der Waals surface area contributed by atoms with Crippen LogP contribution in [-0.2, 0) is 10.0 Å². The maximum Gasteiger partial charge on any atom is 0.259 e. The van der Waals surface area contributed by atoms with Crippen molar-refractivity contribution in [1.29, 1.82) is 0 Å². The topological polar surface area (TPSA) is 92.1 Å². The van der Waals surface area contributed by atoms with E-state index in [1.807, 2.05) is 6.92 Å². The van der Waals surface area contributed by atoms with Crippen molar-refractivity contribution < 1.29 is 8.42 Å². The van der Waals surface area contributed by atoms with E-state index in [9.17, 15) is 8.42 Å². The van der Waals surface area contributed by atoms with Crippen molar-refractivity contribution in [2.75, 3.05) is 13.1 Å². The molecule has 2 rings (SSSR count). The zero-order valence-corrected chi connectivity index (χ0v) is 10.7. The summed E-state index contributed by atoms with van der Waals surface area (Å²) < 4.78 is 26.0. The number of sulfonamides is 1. The fraction of sp³-hybridized carbons (Fsp3) is 0.700. The number of hydrogen-bond donors (Lipinski definition) is 2. The summed E-state index contributed by atoms with van der Waals surface area (Å²) in [5.41, 5.74) is 5.97. The van der Waals surface area contributed by atoms with Crippen LogP contribution in [-0.4, -0.2) is 42.1 Å². The molecule has 0 spiro atoms. The molecule has 0 aromatic carbocycles. The molecule has 2 heterocycles. The molecule has 1 aliphatic rings. The Balaban J connectivity index is 2.19. The molecule has 1 fully saturated rings. The van der Waals surface area contributed by atoms with Crippen LogP contribution in [0.3, 0.4) is 0 Å². The fourth-order valence-electron chi connectivity index (χ4n) is 2.19. The molecule has 6 nitrogen and oxygen atoms in total. The first kappa shape index (κ1) is 12.5. The number of rotatable bonds is 3. The molecule has 0 amide bonds. The van der Waals surface area contributed by atoms with Crippen LogP contribution in [0.5, 0.6) is 0 Å². The summed E-state index contributed by atoms with van der Waals surface area (Å²) in [6.45, 7) is 3.02. The normalized spacial score (nSPS) is 27.2. The van der Waals surface area contributed by atoms with Gasteiger partial charge in [-0.3, -0.25) is 5.10 Å². The van der Waals surface area contributed by atoms with Gasteiger partial charge in [0.25, 0.3) is 10.0 Å². The third-order valence-electron chi connectivity index (χ3n) is 3.37. The van der Waals surface area contributed by atoms with Gasteiger partial charge in [-0.2, -0.15) is 9.40 Å². The number of piperidine rings is 1. The van der Waals surface area contributed by atoms with Crippen LogP contribution in [0.15, 0.2) is 17.3 Å². The second-order valence-electron chi connectivity index (χ2n) is 4.40. The van der Waals surface area contributed by atoms with Crippen molar-refractivity contribution >= 4 is 10.0 Å². The molecule has 0 saturated carbocycles. The zero-order valence-electron chi connectivity index (χ0n) is 9.83. The highest BCUT2D eigenvalue weighted by Gasteiger charge is 2.33. The van der Waals surface area contributed by atoms with Crippen molar-refractivity contribution in [2.24, 2.45) is 11.7 Å². The minimum absolute atomic E-state index is 0.105. The maximum absolute atomic E-state index is 12.2. The lowest BCUT2D eigenvalue weighted by Crippen LogP contribution is -2.48. The average Bonchev–Trinajstić information content (AvgIpc) is 2.83. The maximum atomic E-state index is 12.2. The highest BCUT2D eigenvalue weighted by atomic mass is 32.2. The molecule has 2 unspecified atom stereocenters. The molecule has 1 aliphatic heterocycles. The first-order valence-corrected chi connectivity index (χ1v) is 7.24. The van der Waals surface area contributed by atoms with Gasteiger partial charge in [0.2, 0.25) is 0 Å². The van der Waals surface area contributed by atoms with Gasteiger partial charge in [-0.15, -0.1) is 0 Å². The Morgan fingerprint density at radius 1 is 1.65 bits per heavy atom. The predicted molar refractivity (Wildman–Crippen MR) is 63.7 cm³/mol. The van der Waals surface area contributed by atoms with Crippen LogP contribution in [0, 0.1) is 5.92 Å². The molecule has 1 aromatic rings. The number of nitrogens with zero attached hydrogens (tertiary/aromatic N) is 2. The molecule has 0 aliphatic carbocycles. The third kappa shape index (κ3) is 2.36. The van der Waals surface area contributed by atoms with Gasteiger partial charge in [0.05, 0.1) is 6.20 Å². The minimum atomic E-state index is -3.43. The largest absolute Gasteiger partial charge is 0.327 e. The number of hydrogen-bond acceptors (Lipinski definition) is 4. The second-order valence-corrected chi connectivity index (χ2v) is 6.31. The monoisotopic (exact) mass is 258 g/mol. The summed E-state index contributed by atoms with van der Waals surface area (Å²) in [4.78, 5) is 0. The lowest BCUT2D eigenvalue weighted by Gasteiger charge is -2.35. The number of nitrogens with two attached hydrogens (primary N) is 1. The molecular formula is C10H18N4O2S. The van der Waals surface area contributed by atoms with Crippen molar-refractivity contribution in [3.8, 4) is 0 Å². The van der Waals surface area contributed by atoms with Gasteiger partial charge in [0.15, 0.2) is 5.03 Å². The summed E-state index contributed by atoms with van der Waals surface area (Å²) >= 11 is 0. The summed E-state index contributed by atoms with van der Waals surface area (Å²) in [5.74, 6) is 0.237. The summed E-state index contributed by atoms with van der Waals surface area (Å²) in [6, 6.07) is 1.58. The van der Waals surface area contributed by atoms with Crippen LogP contribution in [0.25, 0.3) is 0 Å². The van der Waals surface area contributed by atoms with Gasteiger partial charge in [-0.25, -0.2) is 8.42 Å². The van der Waals surface area contributed by atoms with Gasteiger partial charge < -0.3 is 5.73 Å². The molecule has 1 aromatic heterocycles. The van der Waals surface area contributed by atoms with Crippen LogP contribution in [0.2, 0.25) is 0 Å². The SMILES string of the molecule is CCC1CN(S(=O)(=O)c2ccn[nH]2)CCC1N. The predicted octanol–water partition coefficient (Wildman–Crippen LogP) is 0.158. The lowest BCUT2D eigenvalue weighted by molar-refractivity contribution is 0.230. The first-order chi connectivity index (χ1) is 8.05. The highest BCUT2D eigenvalue weighted by molar-refractivity contribution is 7.89. The molecule has 7 heteroatoms. The summed E-state index contributed by atoms with van der Waals surface area (Å²) in [7, 11) is -3.43. The molecule has 96 valence electrons. The van der Waals surface area contributed by atoms with Gasteiger partial charge in [-0.05, 0) is 18.4 Å². The van der Waals surface area contributed by atoms with Gasteiger partial charge in [0, 0.05) is 19.1 Å². The van der Waals surface area contributed by atoms with Crippen molar-refractivity contribution in [3.05, 3.63) is 12.3 Å². The van der Waals surface area contributed by atoms with E-state index >= 15 is 0 Å². The Kier molecular flexibility index (Phi) is 3.50. The van der Waals surface area contributed by atoms with Gasteiger partial charge in [-0.1, -0.05) is 13.3 Å². The molecule has 3 N–H and O–H groups in total. The molecule has 0 bridgehead atoms. The van der Waals surface area contributed by atoms with E-state index in [2.05, 4.69) is 10.2 Å². The Morgan fingerprint density at radius 3 is 3.00 bits per heavy atom. The van der Waals surface area contributed by atoms with Crippen LogP contribution in [0.1, 0.15) is 19.8 Å². The Bertz CT molecular complexity index is 457. The van der Waals surface area contributed by atoms with E-state index in [4.69, 9.17) is 5.73 Å². The quantitative estimate of drug-likeness (QED) is 0.807. The first-order valence-electron chi connectivity index (χ1n) is 5.80. The number of aromatic nitrogens is 2. The number of nitrogens with one attached hydrogen (secondary N) is 1. The second kappa shape index (κ2) is 4.75. The van der Waals surface area contributed by atoms with E-state index in [0.717, 1.165) is 6.42 Å². The Hall–Kier alpha value is -0.920.